The van der Waals surface area contributed by atoms with Crippen molar-refractivity contribution in [2.45, 2.75) is 32.9 Å². The molecular formula is C15H31IN6. The normalized spacial score (nSPS) is 14.7. The Labute approximate surface area is 151 Å². The van der Waals surface area contributed by atoms with Crippen molar-refractivity contribution >= 4 is 29.9 Å². The first-order chi connectivity index (χ1) is 9.85. The summed E-state index contributed by atoms with van der Waals surface area (Å²) in [6.07, 6.45) is 3.97. The highest BCUT2D eigenvalue weighted by Gasteiger charge is 2.17. The lowest BCUT2D eigenvalue weighted by Crippen LogP contribution is -2.46. The number of aliphatic imine (C=N–C) groups is 1. The highest BCUT2D eigenvalue weighted by Crippen LogP contribution is 2.16. The number of nitrogens with zero attached hydrogens (tertiary/aromatic N) is 4. The lowest BCUT2D eigenvalue weighted by molar-refractivity contribution is 0.297. The van der Waals surface area contributed by atoms with E-state index in [1.807, 2.05) is 17.9 Å². The van der Waals surface area contributed by atoms with Crippen LogP contribution in [-0.4, -0.2) is 54.4 Å². The number of aromatic nitrogens is 2. The van der Waals surface area contributed by atoms with E-state index in [9.17, 15) is 0 Å². The molecule has 1 aromatic rings. The summed E-state index contributed by atoms with van der Waals surface area (Å²) in [4.78, 5) is 6.48. The molecule has 6 nitrogen and oxygen atoms in total. The molecule has 1 aromatic heterocycles. The average Bonchev–Trinajstić information content (AvgIpc) is 2.83. The van der Waals surface area contributed by atoms with E-state index in [0.717, 1.165) is 12.5 Å². The molecule has 7 heteroatoms. The standard InChI is InChI=1S/C15H30N6.HI/c1-11(2)12(3)19-15(16-4)17-9-14(20(5)6)13-8-18-21(7)10-13;/h8,10-12,14H,9H2,1-7H3,(H2,16,17,19);1H. The van der Waals surface area contributed by atoms with Gasteiger partial charge >= 0.3 is 0 Å². The van der Waals surface area contributed by atoms with Gasteiger partial charge in [-0.1, -0.05) is 13.8 Å². The van der Waals surface area contributed by atoms with Crippen molar-refractivity contribution in [3.05, 3.63) is 18.0 Å². The van der Waals surface area contributed by atoms with E-state index < -0.39 is 0 Å². The molecule has 0 amide bonds. The molecule has 2 atom stereocenters. The fourth-order valence-electron chi connectivity index (χ4n) is 1.98. The van der Waals surface area contributed by atoms with Crippen molar-refractivity contribution in [1.29, 1.82) is 0 Å². The third-order valence-electron chi connectivity index (χ3n) is 3.78. The van der Waals surface area contributed by atoms with Crippen LogP contribution in [0.4, 0.5) is 0 Å². The predicted octanol–water partition coefficient (Wildman–Crippen LogP) is 1.85. The van der Waals surface area contributed by atoms with Crippen LogP contribution in [0.2, 0.25) is 0 Å². The zero-order valence-electron chi connectivity index (χ0n) is 14.8. The third-order valence-corrected chi connectivity index (χ3v) is 3.78. The number of guanidine groups is 1. The second kappa shape index (κ2) is 10.0. The molecule has 0 radical (unpaired) electrons. The molecule has 0 fully saturated rings. The van der Waals surface area contributed by atoms with Crippen LogP contribution in [0, 0.1) is 5.92 Å². The Morgan fingerprint density at radius 2 is 2.00 bits per heavy atom. The van der Waals surface area contributed by atoms with Gasteiger partial charge in [-0.3, -0.25) is 9.67 Å². The van der Waals surface area contributed by atoms with E-state index in [-0.39, 0.29) is 30.0 Å². The van der Waals surface area contributed by atoms with Crippen molar-refractivity contribution in [2.24, 2.45) is 18.0 Å². The highest BCUT2D eigenvalue weighted by atomic mass is 127. The molecule has 2 unspecified atom stereocenters. The zero-order valence-corrected chi connectivity index (χ0v) is 17.1. The third kappa shape index (κ3) is 6.51. The highest BCUT2D eigenvalue weighted by molar-refractivity contribution is 14.0. The van der Waals surface area contributed by atoms with Crippen molar-refractivity contribution in [3.63, 3.8) is 0 Å². The van der Waals surface area contributed by atoms with Crippen LogP contribution in [0.3, 0.4) is 0 Å². The van der Waals surface area contributed by atoms with E-state index in [0.29, 0.717) is 12.0 Å². The summed E-state index contributed by atoms with van der Waals surface area (Å²) in [5.74, 6) is 1.40. The molecular weight excluding hydrogens is 391 g/mol. The molecule has 0 aliphatic rings. The minimum atomic E-state index is 0. The van der Waals surface area contributed by atoms with Crippen molar-refractivity contribution < 1.29 is 0 Å². The average molecular weight is 422 g/mol. The van der Waals surface area contributed by atoms with E-state index >= 15 is 0 Å². The Hall–Kier alpha value is -0.830. The van der Waals surface area contributed by atoms with Gasteiger partial charge in [-0.2, -0.15) is 5.10 Å². The SMILES string of the molecule is CN=C(NCC(c1cnn(C)c1)N(C)C)NC(C)C(C)C.I. The van der Waals surface area contributed by atoms with Gasteiger partial charge in [-0.15, -0.1) is 24.0 Å². The van der Waals surface area contributed by atoms with Gasteiger partial charge in [-0.05, 0) is 26.9 Å². The number of aryl methyl sites for hydroxylation is 1. The summed E-state index contributed by atoms with van der Waals surface area (Å²) in [6.45, 7) is 7.34. The number of hydrogen-bond donors (Lipinski definition) is 2. The van der Waals surface area contributed by atoms with Gasteiger partial charge in [0.15, 0.2) is 5.96 Å². The molecule has 0 aromatic carbocycles. The Bertz CT molecular complexity index is 455. The lowest BCUT2D eigenvalue weighted by atomic mass is 10.1. The second-order valence-electron chi connectivity index (χ2n) is 6.06. The maximum absolute atomic E-state index is 4.30. The van der Waals surface area contributed by atoms with E-state index in [2.05, 4.69) is 66.7 Å². The summed E-state index contributed by atoms with van der Waals surface area (Å²) in [5, 5.41) is 11.1. The zero-order chi connectivity index (χ0) is 16.0. The Kier molecular flexibility index (Phi) is 9.66. The molecule has 0 aliphatic heterocycles. The van der Waals surface area contributed by atoms with E-state index in [1.54, 1.807) is 7.05 Å². The molecule has 22 heavy (non-hydrogen) atoms. The molecule has 0 spiro atoms. The minimum absolute atomic E-state index is 0. The first-order valence-corrected chi connectivity index (χ1v) is 7.47. The van der Waals surface area contributed by atoms with E-state index in [1.165, 1.54) is 5.56 Å². The predicted molar refractivity (Wildman–Crippen MR) is 104 cm³/mol. The molecule has 0 aliphatic carbocycles. The number of halogens is 1. The van der Waals surface area contributed by atoms with Gasteiger partial charge in [0, 0.05) is 38.4 Å². The first-order valence-electron chi connectivity index (χ1n) is 7.47. The summed E-state index contributed by atoms with van der Waals surface area (Å²) >= 11 is 0. The van der Waals surface area contributed by atoms with Gasteiger partial charge in [0.05, 0.1) is 12.2 Å². The number of likely N-dealkylation sites (N-methyl/N-ethyl adjacent to an activating group) is 1. The monoisotopic (exact) mass is 422 g/mol. The molecule has 1 rings (SSSR count). The molecule has 1 heterocycles. The topological polar surface area (TPSA) is 57.5 Å². The van der Waals surface area contributed by atoms with Crippen LogP contribution in [0.5, 0.6) is 0 Å². The smallest absolute Gasteiger partial charge is 0.191 e. The Balaban J connectivity index is 0.00000441. The van der Waals surface area contributed by atoms with E-state index in [4.69, 9.17) is 0 Å². The molecule has 0 bridgehead atoms. The first kappa shape index (κ1) is 21.2. The van der Waals surface area contributed by atoms with Gasteiger partial charge in [0.2, 0.25) is 0 Å². The molecule has 128 valence electrons. The maximum Gasteiger partial charge on any atom is 0.191 e. The molecule has 0 saturated carbocycles. The van der Waals surface area contributed by atoms with Crippen LogP contribution in [-0.2, 0) is 7.05 Å². The van der Waals surface area contributed by atoms with Crippen LogP contribution in [0.25, 0.3) is 0 Å². The van der Waals surface area contributed by atoms with Gasteiger partial charge in [-0.25, -0.2) is 0 Å². The number of rotatable bonds is 6. The number of nitrogens with one attached hydrogen (secondary N) is 2. The van der Waals surface area contributed by atoms with Crippen molar-refractivity contribution in [1.82, 2.24) is 25.3 Å². The quantitative estimate of drug-likeness (QED) is 0.418. The summed E-state index contributed by atoms with van der Waals surface area (Å²) in [5.41, 5.74) is 1.20. The van der Waals surface area contributed by atoms with Crippen LogP contribution >= 0.6 is 24.0 Å². The van der Waals surface area contributed by atoms with Gasteiger partial charge in [0.1, 0.15) is 0 Å². The summed E-state index contributed by atoms with van der Waals surface area (Å²) in [7, 11) is 7.89. The van der Waals surface area contributed by atoms with Crippen LogP contribution in [0.15, 0.2) is 17.4 Å². The van der Waals surface area contributed by atoms with Crippen molar-refractivity contribution in [3.8, 4) is 0 Å². The van der Waals surface area contributed by atoms with Crippen LogP contribution in [0.1, 0.15) is 32.4 Å². The second-order valence-corrected chi connectivity index (χ2v) is 6.06. The number of hydrogen-bond acceptors (Lipinski definition) is 3. The van der Waals surface area contributed by atoms with Gasteiger partial charge in [0.25, 0.3) is 0 Å². The minimum Gasteiger partial charge on any atom is -0.354 e. The molecule has 0 saturated heterocycles. The fourth-order valence-corrected chi connectivity index (χ4v) is 1.98. The van der Waals surface area contributed by atoms with Gasteiger partial charge < -0.3 is 15.5 Å². The van der Waals surface area contributed by atoms with Crippen LogP contribution < -0.4 is 10.6 Å². The Morgan fingerprint density at radius 1 is 1.36 bits per heavy atom. The summed E-state index contributed by atoms with van der Waals surface area (Å²) < 4.78 is 1.83. The largest absolute Gasteiger partial charge is 0.354 e. The maximum atomic E-state index is 4.30. The summed E-state index contributed by atoms with van der Waals surface area (Å²) in [6, 6.07) is 0.638. The fraction of sp³-hybridized carbons (Fsp3) is 0.733. The Morgan fingerprint density at radius 3 is 2.41 bits per heavy atom. The molecule has 2 N–H and O–H groups in total. The van der Waals surface area contributed by atoms with Crippen molar-refractivity contribution in [2.75, 3.05) is 27.7 Å². The lowest BCUT2D eigenvalue weighted by Gasteiger charge is -2.26.